The smallest absolute Gasteiger partial charge is 0.287 e. The molecular formula is C18H20ClN3O2. The van der Waals surface area contributed by atoms with Gasteiger partial charge in [-0.3, -0.25) is 4.79 Å². The quantitative estimate of drug-likeness (QED) is 0.755. The van der Waals surface area contributed by atoms with E-state index in [0.717, 1.165) is 18.5 Å². The first kappa shape index (κ1) is 16.7. The zero-order valence-electron chi connectivity index (χ0n) is 13.4. The molecule has 1 atom stereocenters. The minimum absolute atomic E-state index is 0.130. The number of nitrogens with zero attached hydrogens (tertiary/aromatic N) is 3. The van der Waals surface area contributed by atoms with Crippen molar-refractivity contribution in [2.75, 3.05) is 24.6 Å². The summed E-state index contributed by atoms with van der Waals surface area (Å²) in [5, 5.41) is 4.50. The Morgan fingerprint density at radius 1 is 1.38 bits per heavy atom. The topological polar surface area (TPSA) is 47.4 Å². The monoisotopic (exact) mass is 345 g/mol. The highest BCUT2D eigenvalue weighted by Crippen LogP contribution is 2.26. The third-order valence-corrected chi connectivity index (χ3v) is 4.43. The van der Waals surface area contributed by atoms with E-state index in [-0.39, 0.29) is 16.7 Å². The third-order valence-electron chi connectivity index (χ3n) is 4.08. The second kappa shape index (κ2) is 7.64. The van der Waals surface area contributed by atoms with Gasteiger partial charge in [0.1, 0.15) is 5.02 Å². The number of aromatic nitrogens is 2. The highest BCUT2D eigenvalue weighted by molar-refractivity contribution is 6.33. The van der Waals surface area contributed by atoms with E-state index < -0.39 is 0 Å². The van der Waals surface area contributed by atoms with Crippen LogP contribution < -0.4 is 10.5 Å². The van der Waals surface area contributed by atoms with Crippen molar-refractivity contribution in [3.8, 4) is 0 Å². The van der Waals surface area contributed by atoms with Crippen LogP contribution >= 0.6 is 11.6 Å². The molecule has 0 aliphatic carbocycles. The fraction of sp³-hybridized carbons (Fsp3) is 0.333. The third kappa shape index (κ3) is 3.68. The first-order valence-electron chi connectivity index (χ1n) is 7.96. The molecule has 2 aromatic rings. The van der Waals surface area contributed by atoms with Crippen LogP contribution in [0.5, 0.6) is 0 Å². The summed E-state index contributed by atoms with van der Waals surface area (Å²) in [6.07, 6.45) is 4.44. The van der Waals surface area contributed by atoms with Gasteiger partial charge in [0, 0.05) is 13.1 Å². The molecule has 1 aliphatic heterocycles. The predicted molar refractivity (Wildman–Crippen MR) is 95.8 cm³/mol. The first-order valence-corrected chi connectivity index (χ1v) is 8.34. The average molecular weight is 346 g/mol. The fourth-order valence-electron chi connectivity index (χ4n) is 2.83. The van der Waals surface area contributed by atoms with E-state index in [0.29, 0.717) is 25.4 Å². The minimum Gasteiger partial charge on any atom is -0.372 e. The highest BCUT2D eigenvalue weighted by Gasteiger charge is 2.26. The second-order valence-electron chi connectivity index (χ2n) is 5.77. The Labute approximate surface area is 146 Å². The molecule has 2 heterocycles. The molecule has 0 amide bonds. The maximum absolute atomic E-state index is 12.5. The Balaban J connectivity index is 1.76. The summed E-state index contributed by atoms with van der Waals surface area (Å²) >= 11 is 6.32. The van der Waals surface area contributed by atoms with E-state index in [9.17, 15) is 4.79 Å². The van der Waals surface area contributed by atoms with Crippen molar-refractivity contribution in [1.29, 1.82) is 0 Å². The van der Waals surface area contributed by atoms with Crippen LogP contribution in [0.15, 0.2) is 54.0 Å². The van der Waals surface area contributed by atoms with Gasteiger partial charge in [-0.25, -0.2) is 4.68 Å². The molecule has 24 heavy (non-hydrogen) atoms. The molecule has 1 unspecified atom stereocenters. The number of halogens is 1. The summed E-state index contributed by atoms with van der Waals surface area (Å²) < 4.78 is 7.06. The molecule has 0 saturated carbocycles. The van der Waals surface area contributed by atoms with E-state index in [4.69, 9.17) is 16.3 Å². The summed E-state index contributed by atoms with van der Waals surface area (Å²) in [5.74, 6) is 0. The SMILES string of the molecule is C=CCOC1CCN(c2cnn(Cc3ccccc3)c(=O)c2Cl)C1. The van der Waals surface area contributed by atoms with E-state index >= 15 is 0 Å². The van der Waals surface area contributed by atoms with Crippen LogP contribution in [0.3, 0.4) is 0 Å². The van der Waals surface area contributed by atoms with Crippen LogP contribution in [0, 0.1) is 0 Å². The lowest BCUT2D eigenvalue weighted by atomic mass is 10.2. The first-order chi connectivity index (χ1) is 11.7. The van der Waals surface area contributed by atoms with Crippen LogP contribution in [0.1, 0.15) is 12.0 Å². The molecule has 1 saturated heterocycles. The predicted octanol–water partition coefficient (Wildman–Crippen LogP) is 2.73. The van der Waals surface area contributed by atoms with E-state index in [2.05, 4.69) is 16.6 Å². The standard InChI is InChI=1S/C18H20ClN3O2/c1-2-10-24-15-8-9-21(13-15)16-11-20-22(18(23)17(16)19)12-14-6-4-3-5-7-14/h2-7,11,15H,1,8-10,12-13H2. The van der Waals surface area contributed by atoms with Gasteiger partial charge in [0.25, 0.3) is 5.56 Å². The number of rotatable bonds is 6. The Morgan fingerprint density at radius 2 is 2.17 bits per heavy atom. The van der Waals surface area contributed by atoms with E-state index in [1.807, 2.05) is 30.3 Å². The van der Waals surface area contributed by atoms with Gasteiger partial charge in [0.15, 0.2) is 0 Å². The fourth-order valence-corrected chi connectivity index (χ4v) is 3.10. The summed E-state index contributed by atoms with van der Waals surface area (Å²) in [6.45, 7) is 6.10. The minimum atomic E-state index is -0.270. The zero-order valence-corrected chi connectivity index (χ0v) is 14.2. The summed E-state index contributed by atoms with van der Waals surface area (Å²) in [7, 11) is 0. The molecule has 126 valence electrons. The number of anilines is 1. The molecule has 1 aliphatic rings. The van der Waals surface area contributed by atoms with Gasteiger partial charge < -0.3 is 9.64 Å². The Kier molecular flexibility index (Phi) is 5.33. The van der Waals surface area contributed by atoms with Crippen LogP contribution in [0.2, 0.25) is 5.02 Å². The van der Waals surface area contributed by atoms with Crippen molar-refractivity contribution in [3.05, 3.63) is 70.1 Å². The molecule has 3 rings (SSSR count). The van der Waals surface area contributed by atoms with E-state index in [1.165, 1.54) is 4.68 Å². The maximum Gasteiger partial charge on any atom is 0.287 e. The van der Waals surface area contributed by atoms with Gasteiger partial charge >= 0.3 is 0 Å². The van der Waals surface area contributed by atoms with Crippen molar-refractivity contribution < 1.29 is 4.74 Å². The van der Waals surface area contributed by atoms with Gasteiger partial charge in [0.2, 0.25) is 0 Å². The second-order valence-corrected chi connectivity index (χ2v) is 6.15. The highest BCUT2D eigenvalue weighted by atomic mass is 35.5. The van der Waals surface area contributed by atoms with Crippen molar-refractivity contribution in [3.63, 3.8) is 0 Å². The molecule has 1 aromatic heterocycles. The summed E-state index contributed by atoms with van der Waals surface area (Å²) in [4.78, 5) is 14.6. The lowest BCUT2D eigenvalue weighted by molar-refractivity contribution is 0.0909. The van der Waals surface area contributed by atoms with Crippen LogP contribution in [0.4, 0.5) is 5.69 Å². The van der Waals surface area contributed by atoms with Gasteiger partial charge in [-0.2, -0.15) is 5.10 Å². The number of ether oxygens (including phenoxy) is 1. The van der Waals surface area contributed by atoms with Gasteiger partial charge in [-0.15, -0.1) is 6.58 Å². The normalized spacial score (nSPS) is 17.2. The number of hydrogen-bond acceptors (Lipinski definition) is 4. The molecule has 0 N–H and O–H groups in total. The van der Waals surface area contributed by atoms with E-state index in [1.54, 1.807) is 12.3 Å². The molecule has 5 nitrogen and oxygen atoms in total. The lowest BCUT2D eigenvalue weighted by Crippen LogP contribution is -2.29. The Bertz CT molecular complexity index is 761. The molecular weight excluding hydrogens is 326 g/mol. The molecule has 6 heteroatoms. The Morgan fingerprint density at radius 3 is 2.92 bits per heavy atom. The van der Waals surface area contributed by atoms with Crippen molar-refractivity contribution in [2.45, 2.75) is 19.1 Å². The molecule has 1 fully saturated rings. The van der Waals surface area contributed by atoms with Gasteiger partial charge in [-0.05, 0) is 12.0 Å². The molecule has 1 aromatic carbocycles. The van der Waals surface area contributed by atoms with Crippen molar-refractivity contribution in [1.82, 2.24) is 9.78 Å². The number of benzene rings is 1. The largest absolute Gasteiger partial charge is 0.372 e. The van der Waals surface area contributed by atoms with Crippen LogP contribution in [-0.4, -0.2) is 35.6 Å². The summed E-state index contributed by atoms with van der Waals surface area (Å²) in [5.41, 5.74) is 1.42. The summed E-state index contributed by atoms with van der Waals surface area (Å²) in [6, 6.07) is 9.72. The molecule has 0 bridgehead atoms. The number of hydrogen-bond donors (Lipinski definition) is 0. The molecule has 0 spiro atoms. The molecule has 0 radical (unpaired) electrons. The van der Waals surface area contributed by atoms with Crippen LogP contribution in [0.25, 0.3) is 0 Å². The van der Waals surface area contributed by atoms with Crippen molar-refractivity contribution >= 4 is 17.3 Å². The lowest BCUT2D eigenvalue weighted by Gasteiger charge is -2.19. The van der Waals surface area contributed by atoms with Crippen LogP contribution in [-0.2, 0) is 11.3 Å². The Hall–Kier alpha value is -2.11. The van der Waals surface area contributed by atoms with Gasteiger partial charge in [0.05, 0.1) is 31.1 Å². The maximum atomic E-state index is 12.5. The zero-order chi connectivity index (χ0) is 16.9. The average Bonchev–Trinajstić information content (AvgIpc) is 3.07. The van der Waals surface area contributed by atoms with Gasteiger partial charge in [-0.1, -0.05) is 48.0 Å². The van der Waals surface area contributed by atoms with Crippen molar-refractivity contribution in [2.24, 2.45) is 0 Å².